The fourth-order valence-corrected chi connectivity index (χ4v) is 3.93. The zero-order chi connectivity index (χ0) is 14.9. The number of nitrogen functional groups attached to an aromatic ring is 1. The summed E-state index contributed by atoms with van der Waals surface area (Å²) in [5.41, 5.74) is 5.65. The molecule has 2 heterocycles. The Morgan fingerprint density at radius 1 is 1.55 bits per heavy atom. The molecule has 0 aromatic carbocycles. The van der Waals surface area contributed by atoms with Gasteiger partial charge >= 0.3 is 0 Å². The molecule has 0 amide bonds. The lowest BCUT2D eigenvalue weighted by Crippen LogP contribution is -2.06. The van der Waals surface area contributed by atoms with Crippen LogP contribution in [0.2, 0.25) is 0 Å². The summed E-state index contributed by atoms with van der Waals surface area (Å²) in [6.45, 7) is 1.82. The number of hydrogen-bond donors (Lipinski definition) is 2. The minimum absolute atomic E-state index is 0.0378. The highest BCUT2D eigenvalue weighted by molar-refractivity contribution is 7.91. The molecule has 0 atom stereocenters. The van der Waals surface area contributed by atoms with Crippen molar-refractivity contribution in [1.82, 2.24) is 10.1 Å². The number of nitrogens with zero attached hydrogens (tertiary/aromatic N) is 3. The minimum Gasteiger partial charge on any atom is -0.396 e. The first-order chi connectivity index (χ1) is 9.32. The van der Waals surface area contributed by atoms with Gasteiger partial charge in [-0.05, 0) is 6.92 Å². The Morgan fingerprint density at radius 2 is 2.25 bits per heavy atom. The molecule has 0 spiro atoms. The van der Waals surface area contributed by atoms with Gasteiger partial charge in [0, 0.05) is 6.26 Å². The first-order valence-electron chi connectivity index (χ1n) is 5.38. The molecule has 106 valence electrons. The molecule has 2 aromatic rings. The first-order valence-corrected chi connectivity index (χ1v) is 8.09. The number of nitriles is 1. The molecule has 0 aliphatic carbocycles. The second-order valence-electron chi connectivity index (χ2n) is 3.98. The third-order valence-electron chi connectivity index (χ3n) is 2.34. The summed E-state index contributed by atoms with van der Waals surface area (Å²) in [5, 5.41) is 15.7. The van der Waals surface area contributed by atoms with Gasteiger partial charge in [-0.15, -0.1) is 11.3 Å². The third kappa shape index (κ3) is 2.73. The standard InChI is InChI=1S/C10H11N5O3S2/c1-5-14-7(18-15-5)4-13-10-9(20(2,16)17)8(12)6(3-11)19-10/h13H,4,12H2,1-2H3. The van der Waals surface area contributed by atoms with Crippen molar-refractivity contribution in [2.24, 2.45) is 0 Å². The van der Waals surface area contributed by atoms with Gasteiger partial charge in [-0.25, -0.2) is 8.42 Å². The van der Waals surface area contributed by atoms with Crippen LogP contribution in [0.15, 0.2) is 9.42 Å². The molecule has 0 saturated carbocycles. The van der Waals surface area contributed by atoms with Crippen LogP contribution in [0.1, 0.15) is 16.6 Å². The monoisotopic (exact) mass is 313 g/mol. The van der Waals surface area contributed by atoms with Gasteiger partial charge < -0.3 is 15.6 Å². The summed E-state index contributed by atoms with van der Waals surface area (Å²) in [6.07, 6.45) is 1.04. The largest absolute Gasteiger partial charge is 0.396 e. The van der Waals surface area contributed by atoms with Crippen LogP contribution >= 0.6 is 11.3 Å². The Kier molecular flexibility index (Phi) is 3.65. The SMILES string of the molecule is Cc1noc(CNc2sc(C#N)c(N)c2S(C)(=O)=O)n1. The number of sulfone groups is 1. The molecular weight excluding hydrogens is 302 g/mol. The normalized spacial score (nSPS) is 11.2. The van der Waals surface area contributed by atoms with Crippen molar-refractivity contribution in [3.05, 3.63) is 16.6 Å². The number of rotatable bonds is 4. The summed E-state index contributed by atoms with van der Waals surface area (Å²) in [7, 11) is -3.55. The zero-order valence-electron chi connectivity index (χ0n) is 10.7. The predicted octanol–water partition coefficient (Wildman–Crippen LogP) is 0.909. The van der Waals surface area contributed by atoms with E-state index >= 15 is 0 Å². The molecule has 0 bridgehead atoms. The van der Waals surface area contributed by atoms with Crippen molar-refractivity contribution >= 4 is 31.9 Å². The third-order valence-corrected chi connectivity index (χ3v) is 4.70. The molecule has 8 nitrogen and oxygen atoms in total. The second-order valence-corrected chi connectivity index (χ2v) is 6.95. The Morgan fingerprint density at radius 3 is 2.75 bits per heavy atom. The number of anilines is 2. The van der Waals surface area contributed by atoms with E-state index in [4.69, 9.17) is 15.5 Å². The van der Waals surface area contributed by atoms with Crippen molar-refractivity contribution in [1.29, 1.82) is 5.26 Å². The van der Waals surface area contributed by atoms with Gasteiger partial charge in [0.2, 0.25) is 5.89 Å². The first kappa shape index (κ1) is 14.3. The van der Waals surface area contributed by atoms with E-state index < -0.39 is 9.84 Å². The molecule has 0 unspecified atom stereocenters. The van der Waals surface area contributed by atoms with E-state index in [0.717, 1.165) is 17.6 Å². The van der Waals surface area contributed by atoms with Crippen molar-refractivity contribution < 1.29 is 12.9 Å². The van der Waals surface area contributed by atoms with Gasteiger partial charge in [0.25, 0.3) is 0 Å². The van der Waals surface area contributed by atoms with Gasteiger partial charge in [-0.3, -0.25) is 0 Å². The fraction of sp³-hybridized carbons (Fsp3) is 0.300. The van der Waals surface area contributed by atoms with E-state index in [0.29, 0.717) is 11.7 Å². The highest BCUT2D eigenvalue weighted by Crippen LogP contribution is 2.38. The lowest BCUT2D eigenvalue weighted by molar-refractivity contribution is 0.379. The van der Waals surface area contributed by atoms with E-state index in [1.165, 1.54) is 0 Å². The van der Waals surface area contributed by atoms with Gasteiger partial charge in [-0.2, -0.15) is 10.2 Å². The Balaban J connectivity index is 2.34. The number of nitrogens with one attached hydrogen (secondary N) is 1. The van der Waals surface area contributed by atoms with E-state index in [9.17, 15) is 8.42 Å². The van der Waals surface area contributed by atoms with Crippen molar-refractivity contribution in [3.63, 3.8) is 0 Å². The summed E-state index contributed by atoms with van der Waals surface area (Å²) >= 11 is 0.973. The van der Waals surface area contributed by atoms with Crippen LogP contribution < -0.4 is 11.1 Å². The summed E-state index contributed by atoms with van der Waals surface area (Å²) < 4.78 is 28.4. The molecule has 2 aromatic heterocycles. The molecule has 0 aliphatic rings. The molecule has 0 aliphatic heterocycles. The van der Waals surface area contributed by atoms with E-state index in [2.05, 4.69) is 15.5 Å². The Hall–Kier alpha value is -2.12. The number of aryl methyl sites for hydroxylation is 1. The molecule has 0 radical (unpaired) electrons. The van der Waals surface area contributed by atoms with Crippen molar-refractivity contribution in [2.45, 2.75) is 18.4 Å². The van der Waals surface area contributed by atoms with Gasteiger partial charge in [0.05, 0.1) is 12.2 Å². The molecular formula is C10H11N5O3S2. The topological polar surface area (TPSA) is 135 Å². The number of hydrogen-bond acceptors (Lipinski definition) is 9. The van der Waals surface area contributed by atoms with E-state index in [1.807, 2.05) is 6.07 Å². The number of thiophene rings is 1. The van der Waals surface area contributed by atoms with E-state index in [-0.39, 0.29) is 27.0 Å². The quantitative estimate of drug-likeness (QED) is 0.850. The van der Waals surface area contributed by atoms with Gasteiger partial charge in [-0.1, -0.05) is 5.16 Å². The maximum Gasteiger partial charge on any atom is 0.245 e. The molecule has 20 heavy (non-hydrogen) atoms. The van der Waals surface area contributed by atoms with Crippen molar-refractivity contribution in [3.8, 4) is 6.07 Å². The maximum atomic E-state index is 11.7. The number of aromatic nitrogens is 2. The average molecular weight is 313 g/mol. The second kappa shape index (κ2) is 5.10. The highest BCUT2D eigenvalue weighted by atomic mass is 32.2. The zero-order valence-corrected chi connectivity index (χ0v) is 12.3. The van der Waals surface area contributed by atoms with Crippen LogP contribution in [0.25, 0.3) is 0 Å². The minimum atomic E-state index is -3.55. The predicted molar refractivity (Wildman–Crippen MR) is 72.9 cm³/mol. The fourth-order valence-electron chi connectivity index (χ4n) is 1.56. The maximum absolute atomic E-state index is 11.7. The Labute approximate surface area is 119 Å². The van der Waals surface area contributed by atoms with Crippen LogP contribution in [-0.2, 0) is 16.4 Å². The lowest BCUT2D eigenvalue weighted by Gasteiger charge is -2.04. The van der Waals surface area contributed by atoms with Crippen LogP contribution in [0.5, 0.6) is 0 Å². The summed E-state index contributed by atoms with van der Waals surface area (Å²) in [4.78, 5) is 4.06. The van der Waals surface area contributed by atoms with E-state index in [1.54, 1.807) is 6.92 Å². The molecule has 10 heteroatoms. The lowest BCUT2D eigenvalue weighted by atomic mass is 10.4. The van der Waals surface area contributed by atoms with Crippen LogP contribution in [0.3, 0.4) is 0 Å². The van der Waals surface area contributed by atoms with Crippen LogP contribution in [0, 0.1) is 18.3 Å². The van der Waals surface area contributed by atoms with Gasteiger partial charge in [0.1, 0.15) is 20.8 Å². The van der Waals surface area contributed by atoms with Crippen LogP contribution in [-0.4, -0.2) is 24.8 Å². The van der Waals surface area contributed by atoms with Gasteiger partial charge in [0.15, 0.2) is 15.7 Å². The molecule has 0 fully saturated rings. The smallest absolute Gasteiger partial charge is 0.245 e. The average Bonchev–Trinajstić information content (AvgIpc) is 2.89. The molecule has 3 N–H and O–H groups in total. The Bertz CT molecular complexity index is 784. The summed E-state index contributed by atoms with van der Waals surface area (Å²) in [5.74, 6) is 0.793. The number of nitrogens with two attached hydrogens (primary N) is 1. The van der Waals surface area contributed by atoms with Crippen molar-refractivity contribution in [2.75, 3.05) is 17.3 Å². The molecule has 2 rings (SSSR count). The summed E-state index contributed by atoms with van der Waals surface area (Å²) in [6, 6.07) is 1.87. The molecule has 0 saturated heterocycles. The van der Waals surface area contributed by atoms with Crippen LogP contribution in [0.4, 0.5) is 10.7 Å². The highest BCUT2D eigenvalue weighted by Gasteiger charge is 2.24.